The molecule has 0 fully saturated rings. The van der Waals surface area contributed by atoms with Gasteiger partial charge in [-0.1, -0.05) is 125 Å². The lowest BCUT2D eigenvalue weighted by Gasteiger charge is -2.33. The van der Waals surface area contributed by atoms with Gasteiger partial charge in [0.1, 0.15) is 36.9 Å². The molecule has 0 radical (unpaired) electrons. The summed E-state index contributed by atoms with van der Waals surface area (Å²) in [7, 11) is 2.77. The lowest BCUT2D eigenvalue weighted by Crippen LogP contribution is -2.56. The molecule has 20 heteroatoms. The van der Waals surface area contributed by atoms with Crippen molar-refractivity contribution >= 4 is 71.0 Å². The second-order valence-corrected chi connectivity index (χ2v) is 22.4. The van der Waals surface area contributed by atoms with Gasteiger partial charge in [-0.05, 0) is 111 Å². The van der Waals surface area contributed by atoms with Crippen molar-refractivity contribution in [3.63, 3.8) is 0 Å². The van der Waals surface area contributed by atoms with Crippen molar-refractivity contribution in [1.29, 1.82) is 0 Å². The number of thioether (sulfide) groups is 1. The van der Waals surface area contributed by atoms with Crippen LogP contribution < -0.4 is 16.0 Å². The number of esters is 2. The Kier molecular flexibility index (Phi) is 26.5. The zero-order chi connectivity index (χ0) is 60.2. The van der Waals surface area contributed by atoms with Gasteiger partial charge in [-0.3, -0.25) is 19.2 Å². The normalized spacial score (nSPS) is 15.7. The van der Waals surface area contributed by atoms with Crippen molar-refractivity contribution in [2.75, 3.05) is 39.4 Å². The largest absolute Gasteiger partial charge is 0.480 e. The predicted molar refractivity (Wildman–Crippen MR) is 313 cm³/mol. The Bertz CT molecular complexity index is 2690. The predicted octanol–water partition coefficient (Wildman–Crippen LogP) is 8.73. The number of alkyl carbamates (subject to hydrolysis) is 1. The Hall–Kier alpha value is -6.70. The molecule has 0 spiro atoms. The van der Waals surface area contributed by atoms with Crippen LogP contribution >= 0.6 is 23.4 Å². The Morgan fingerprint density at radius 2 is 1.41 bits per heavy atom. The Morgan fingerprint density at radius 3 is 1.96 bits per heavy atom. The number of ether oxygens (including phenoxy) is 4. The fraction of sp³-hybridized carbons (Fsp3) is 0.508. The molecule has 0 aliphatic heterocycles. The average molecular weight is 1160 g/mol. The molecule has 3 aromatic carbocycles. The fourth-order valence-electron chi connectivity index (χ4n) is 9.41. The zero-order valence-corrected chi connectivity index (χ0v) is 50.5. The molecule has 0 aromatic heterocycles. The van der Waals surface area contributed by atoms with Gasteiger partial charge in [-0.15, -0.1) is 11.8 Å². The van der Waals surface area contributed by atoms with Crippen molar-refractivity contribution in [3.05, 3.63) is 118 Å². The number of nitrogens with zero attached hydrogens (tertiary/aromatic N) is 2. The standard InChI is InChI=1S/C61H82ClN5O13S/c1-14-36(5)53(58(72)73)65-52(68)32-66(11)57(71)49(31-42-25-27-43(62)28-26-42)67(12)56(70)40(9)63-55(69)51(30-35(3)4)79-59(74)38(7)24-29-50(78-34-81-13)39(8)54(37(6)15-2)80-60(75)41(10)64-61(76)77-33-48-46-22-18-16-20-44(46)45-21-17-19-23-47(45)48/h15-28,35-36,39-41,48-51,53-54H,14,29-34H2,1-13H3,(H,63,69)(H,64,76)(H,65,68)(H,72,73)/b37-15+,38-24+/t36-,39+,40+,41-,49-,50+,51-,53+,54-/m1/s1. The van der Waals surface area contributed by atoms with E-state index in [1.165, 1.54) is 44.6 Å². The maximum atomic E-state index is 14.2. The van der Waals surface area contributed by atoms with Crippen LogP contribution in [0, 0.1) is 17.8 Å². The first-order valence-electron chi connectivity index (χ1n) is 27.3. The number of likely N-dealkylation sites (N-methyl/N-ethyl adjacent to an activating group) is 2. The van der Waals surface area contributed by atoms with Crippen molar-refractivity contribution in [2.45, 2.75) is 143 Å². The number of carboxylic acids is 1. The van der Waals surface area contributed by atoms with Gasteiger partial charge in [0.15, 0.2) is 6.10 Å². The summed E-state index contributed by atoms with van der Waals surface area (Å²) in [6.45, 7) is 16.8. The van der Waals surface area contributed by atoms with Crippen molar-refractivity contribution in [3.8, 4) is 11.1 Å². The number of fused-ring (bicyclic) bond motifs is 3. The van der Waals surface area contributed by atoms with Gasteiger partial charge in [0, 0.05) is 42.9 Å². The number of hydrogen-bond acceptors (Lipinski definition) is 13. The third-order valence-corrected chi connectivity index (χ3v) is 15.2. The number of aliphatic carboxylic acids is 1. The molecule has 1 aliphatic carbocycles. The summed E-state index contributed by atoms with van der Waals surface area (Å²) in [5.74, 6) is -6.29. The lowest BCUT2D eigenvalue weighted by atomic mass is 9.90. The summed E-state index contributed by atoms with van der Waals surface area (Å²) in [4.78, 5) is 110. The molecule has 3 aromatic rings. The molecule has 442 valence electrons. The highest BCUT2D eigenvalue weighted by atomic mass is 35.5. The summed E-state index contributed by atoms with van der Waals surface area (Å²) < 4.78 is 23.9. The van der Waals surface area contributed by atoms with E-state index in [0.717, 1.165) is 32.7 Å². The van der Waals surface area contributed by atoms with Gasteiger partial charge < -0.3 is 49.8 Å². The number of carbonyl (C=O) groups is 8. The van der Waals surface area contributed by atoms with Gasteiger partial charge >= 0.3 is 24.0 Å². The number of hydrogen-bond donors (Lipinski definition) is 4. The highest BCUT2D eigenvalue weighted by Crippen LogP contribution is 2.44. The van der Waals surface area contributed by atoms with Gasteiger partial charge in [0.05, 0.1) is 18.6 Å². The Balaban J connectivity index is 1.42. The van der Waals surface area contributed by atoms with E-state index in [0.29, 0.717) is 17.0 Å². The molecule has 0 heterocycles. The first kappa shape index (κ1) is 66.8. The van der Waals surface area contributed by atoms with Crippen LogP contribution in [0.3, 0.4) is 0 Å². The van der Waals surface area contributed by atoms with E-state index in [2.05, 4.69) is 16.0 Å². The first-order chi connectivity index (χ1) is 38.3. The fourth-order valence-corrected chi connectivity index (χ4v) is 9.85. The third-order valence-electron chi connectivity index (χ3n) is 14.6. The quantitative estimate of drug-likeness (QED) is 0.0161. The van der Waals surface area contributed by atoms with Gasteiger partial charge in [0.25, 0.3) is 5.91 Å². The monoisotopic (exact) mass is 1160 g/mol. The Labute approximate surface area is 486 Å². The van der Waals surface area contributed by atoms with Crippen LogP contribution in [-0.2, 0) is 58.9 Å². The topological polar surface area (TPSA) is 236 Å². The number of carboxylic acid groups (broad SMARTS) is 1. The van der Waals surface area contributed by atoms with E-state index in [1.807, 2.05) is 95.5 Å². The molecule has 5 amide bonds. The molecule has 4 rings (SSSR count). The highest BCUT2D eigenvalue weighted by Gasteiger charge is 2.37. The van der Waals surface area contributed by atoms with Gasteiger partial charge in [-0.2, -0.15) is 0 Å². The maximum Gasteiger partial charge on any atom is 0.407 e. The minimum Gasteiger partial charge on any atom is -0.480 e. The van der Waals surface area contributed by atoms with E-state index in [1.54, 1.807) is 51.1 Å². The molecular weight excluding hydrogens is 1080 g/mol. The van der Waals surface area contributed by atoms with E-state index in [9.17, 15) is 43.5 Å². The summed E-state index contributed by atoms with van der Waals surface area (Å²) in [6, 6.07) is 18.0. The maximum absolute atomic E-state index is 14.2. The minimum atomic E-state index is -1.32. The third kappa shape index (κ3) is 19.2. The molecule has 1 aliphatic rings. The van der Waals surface area contributed by atoms with Crippen LogP contribution in [0.25, 0.3) is 11.1 Å². The van der Waals surface area contributed by atoms with E-state index < -0.39 is 103 Å². The molecule has 0 saturated carbocycles. The van der Waals surface area contributed by atoms with E-state index in [4.69, 9.17) is 30.5 Å². The summed E-state index contributed by atoms with van der Waals surface area (Å²) in [6.07, 6.45) is 2.62. The van der Waals surface area contributed by atoms with Crippen LogP contribution in [0.2, 0.25) is 5.02 Å². The summed E-state index contributed by atoms with van der Waals surface area (Å²) in [5, 5.41) is 18.0. The highest BCUT2D eigenvalue weighted by molar-refractivity contribution is 7.98. The molecule has 4 N–H and O–H groups in total. The number of amides is 5. The summed E-state index contributed by atoms with van der Waals surface area (Å²) in [5.41, 5.74) is 5.83. The van der Waals surface area contributed by atoms with Crippen LogP contribution in [0.1, 0.15) is 111 Å². The molecular formula is C61H82ClN5O13S. The number of rotatable bonds is 30. The van der Waals surface area contributed by atoms with Crippen molar-refractivity contribution in [2.24, 2.45) is 17.8 Å². The van der Waals surface area contributed by atoms with Crippen molar-refractivity contribution < 1.29 is 62.4 Å². The smallest absolute Gasteiger partial charge is 0.407 e. The van der Waals surface area contributed by atoms with E-state index >= 15 is 0 Å². The average Bonchev–Trinajstić information content (AvgIpc) is 3.82. The number of benzene rings is 3. The minimum absolute atomic E-state index is 0.000239. The van der Waals surface area contributed by atoms with Crippen LogP contribution in [0.5, 0.6) is 0 Å². The lowest BCUT2D eigenvalue weighted by molar-refractivity contribution is -0.154. The Morgan fingerprint density at radius 1 is 0.802 bits per heavy atom. The van der Waals surface area contributed by atoms with Crippen LogP contribution in [0.15, 0.2) is 96.1 Å². The number of carbonyl (C=O) groups excluding carboxylic acids is 7. The molecule has 81 heavy (non-hydrogen) atoms. The van der Waals surface area contributed by atoms with Crippen LogP contribution in [0.4, 0.5) is 4.79 Å². The van der Waals surface area contributed by atoms with Crippen LogP contribution in [-0.4, -0.2) is 144 Å². The SMILES string of the molecule is C/C=C(\C)[C@@H](OC(=O)[C@@H](C)NC(=O)OCC1c2ccccc2-c2ccccc21)[C@@H](C)[C@H](C/C=C(\C)C(=O)O[C@H](CC(C)C)C(=O)N[C@@H](C)C(=O)N(C)[C@H](Cc1ccc(Cl)cc1)C(=O)N(C)CC(=O)N[C@H](C(=O)O)[C@H](C)CC)OCSC. The van der Waals surface area contributed by atoms with Gasteiger partial charge in [0.2, 0.25) is 17.7 Å². The molecule has 0 bridgehead atoms. The second-order valence-electron chi connectivity index (χ2n) is 21.2. The molecule has 0 unspecified atom stereocenters. The molecule has 18 nitrogen and oxygen atoms in total. The van der Waals surface area contributed by atoms with E-state index in [-0.39, 0.29) is 55.1 Å². The zero-order valence-electron chi connectivity index (χ0n) is 48.9. The van der Waals surface area contributed by atoms with Gasteiger partial charge in [-0.25, -0.2) is 19.2 Å². The second kappa shape index (κ2) is 32.1. The molecule has 9 atom stereocenters. The summed E-state index contributed by atoms with van der Waals surface area (Å²) >= 11 is 7.57. The number of halogens is 1. The first-order valence-corrected chi connectivity index (χ1v) is 29.1. The number of nitrogens with one attached hydrogen (secondary N) is 3. The van der Waals surface area contributed by atoms with Crippen molar-refractivity contribution in [1.82, 2.24) is 25.8 Å². The molecule has 0 saturated heterocycles. The number of allylic oxidation sites excluding steroid dienone is 1.